The molecule has 0 bridgehead atoms. The summed E-state index contributed by atoms with van der Waals surface area (Å²) in [6.07, 6.45) is 0. The number of aryl methyl sites for hydroxylation is 2. The molecule has 1 rings (SSSR count). The van der Waals surface area contributed by atoms with Crippen LogP contribution in [0.25, 0.3) is 0 Å². The second-order valence-corrected chi connectivity index (χ2v) is 4.83. The van der Waals surface area contributed by atoms with E-state index in [9.17, 15) is 4.79 Å². The van der Waals surface area contributed by atoms with Gasteiger partial charge in [0.1, 0.15) is 0 Å². The Labute approximate surface area is 109 Å². The summed E-state index contributed by atoms with van der Waals surface area (Å²) in [5, 5.41) is 6.02. The van der Waals surface area contributed by atoms with Gasteiger partial charge in [-0.25, -0.2) is 0 Å². The van der Waals surface area contributed by atoms with E-state index in [0.29, 0.717) is 13.1 Å². The molecule has 0 aliphatic rings. The van der Waals surface area contributed by atoms with Crippen LogP contribution in [0, 0.1) is 13.8 Å². The first-order chi connectivity index (χ1) is 8.49. The maximum Gasteiger partial charge on any atom is 0.239 e. The van der Waals surface area contributed by atoms with Crippen LogP contribution in [-0.2, 0) is 4.79 Å². The zero-order valence-electron chi connectivity index (χ0n) is 11.7. The summed E-state index contributed by atoms with van der Waals surface area (Å²) in [6.45, 7) is 5.96. The summed E-state index contributed by atoms with van der Waals surface area (Å²) >= 11 is 0. The second-order valence-electron chi connectivity index (χ2n) is 4.83. The summed E-state index contributed by atoms with van der Waals surface area (Å²) in [6, 6.07) is 6.16. The fraction of sp³-hybridized carbons (Fsp3) is 0.500. The number of benzene rings is 1. The van der Waals surface area contributed by atoms with Gasteiger partial charge in [-0.2, -0.15) is 0 Å². The van der Waals surface area contributed by atoms with Crippen molar-refractivity contribution < 1.29 is 4.79 Å². The SMILES string of the molecule is Cc1ccc(NCC(=O)NCCN(C)C)c(C)c1. The number of likely N-dealkylation sites (N-methyl/N-ethyl adjacent to an activating group) is 1. The molecule has 0 aliphatic carbocycles. The number of carbonyl (C=O) groups is 1. The van der Waals surface area contributed by atoms with Crippen molar-refractivity contribution in [3.63, 3.8) is 0 Å². The molecular weight excluding hydrogens is 226 g/mol. The molecule has 0 saturated heterocycles. The van der Waals surface area contributed by atoms with Crippen LogP contribution in [0.4, 0.5) is 5.69 Å². The van der Waals surface area contributed by atoms with Crippen LogP contribution in [-0.4, -0.2) is 44.5 Å². The van der Waals surface area contributed by atoms with Crippen molar-refractivity contribution in [1.82, 2.24) is 10.2 Å². The van der Waals surface area contributed by atoms with E-state index in [-0.39, 0.29) is 5.91 Å². The van der Waals surface area contributed by atoms with Gasteiger partial charge in [0, 0.05) is 18.8 Å². The quantitative estimate of drug-likeness (QED) is 0.801. The Bertz CT molecular complexity index is 402. The van der Waals surface area contributed by atoms with Gasteiger partial charge in [-0.05, 0) is 39.6 Å². The summed E-state index contributed by atoms with van der Waals surface area (Å²) < 4.78 is 0. The lowest BCUT2D eigenvalue weighted by atomic mass is 10.1. The molecule has 0 aliphatic heterocycles. The molecule has 100 valence electrons. The van der Waals surface area contributed by atoms with Crippen LogP contribution >= 0.6 is 0 Å². The number of nitrogens with one attached hydrogen (secondary N) is 2. The molecule has 0 spiro atoms. The van der Waals surface area contributed by atoms with Gasteiger partial charge in [-0.3, -0.25) is 4.79 Å². The minimum Gasteiger partial charge on any atom is -0.376 e. The first kappa shape index (κ1) is 14.5. The monoisotopic (exact) mass is 249 g/mol. The van der Waals surface area contributed by atoms with Crippen molar-refractivity contribution in [2.45, 2.75) is 13.8 Å². The minimum atomic E-state index is 0.0248. The highest BCUT2D eigenvalue weighted by Gasteiger charge is 2.02. The van der Waals surface area contributed by atoms with E-state index in [2.05, 4.69) is 23.6 Å². The van der Waals surface area contributed by atoms with E-state index in [1.807, 2.05) is 38.1 Å². The van der Waals surface area contributed by atoms with Gasteiger partial charge in [0.25, 0.3) is 0 Å². The van der Waals surface area contributed by atoms with Crippen LogP contribution in [0.15, 0.2) is 18.2 Å². The van der Waals surface area contributed by atoms with Crippen molar-refractivity contribution in [3.05, 3.63) is 29.3 Å². The Morgan fingerprint density at radius 3 is 2.61 bits per heavy atom. The van der Waals surface area contributed by atoms with Gasteiger partial charge in [-0.1, -0.05) is 17.7 Å². The van der Waals surface area contributed by atoms with Gasteiger partial charge in [0.2, 0.25) is 5.91 Å². The van der Waals surface area contributed by atoms with Gasteiger partial charge in [0.15, 0.2) is 0 Å². The van der Waals surface area contributed by atoms with Crippen LogP contribution < -0.4 is 10.6 Å². The van der Waals surface area contributed by atoms with Crippen molar-refractivity contribution in [2.24, 2.45) is 0 Å². The molecule has 0 aromatic heterocycles. The fourth-order valence-electron chi connectivity index (χ4n) is 1.67. The third-order valence-electron chi connectivity index (χ3n) is 2.70. The van der Waals surface area contributed by atoms with Crippen molar-refractivity contribution in [2.75, 3.05) is 39.0 Å². The van der Waals surface area contributed by atoms with E-state index in [0.717, 1.165) is 17.8 Å². The van der Waals surface area contributed by atoms with Gasteiger partial charge in [-0.15, -0.1) is 0 Å². The highest BCUT2D eigenvalue weighted by Crippen LogP contribution is 2.15. The predicted octanol–water partition coefficient (Wildman–Crippen LogP) is 1.39. The molecule has 1 aromatic carbocycles. The Morgan fingerprint density at radius 2 is 2.00 bits per heavy atom. The van der Waals surface area contributed by atoms with E-state index in [4.69, 9.17) is 0 Å². The summed E-state index contributed by atoms with van der Waals surface area (Å²) in [4.78, 5) is 13.6. The number of nitrogens with zero attached hydrogens (tertiary/aromatic N) is 1. The molecule has 0 saturated carbocycles. The number of hydrogen-bond donors (Lipinski definition) is 2. The number of carbonyl (C=O) groups excluding carboxylic acids is 1. The zero-order valence-corrected chi connectivity index (χ0v) is 11.7. The molecule has 0 fully saturated rings. The van der Waals surface area contributed by atoms with E-state index in [1.54, 1.807) is 0 Å². The maximum absolute atomic E-state index is 11.6. The normalized spacial score (nSPS) is 10.5. The third-order valence-corrected chi connectivity index (χ3v) is 2.70. The van der Waals surface area contributed by atoms with E-state index < -0.39 is 0 Å². The lowest BCUT2D eigenvalue weighted by Gasteiger charge is -2.12. The van der Waals surface area contributed by atoms with E-state index >= 15 is 0 Å². The topological polar surface area (TPSA) is 44.4 Å². The molecule has 1 aromatic rings. The lowest BCUT2D eigenvalue weighted by Crippen LogP contribution is -2.35. The van der Waals surface area contributed by atoms with Crippen molar-refractivity contribution in [1.29, 1.82) is 0 Å². The Kier molecular flexibility index (Phi) is 5.65. The van der Waals surface area contributed by atoms with Crippen LogP contribution in [0.5, 0.6) is 0 Å². The average Bonchev–Trinajstić information content (AvgIpc) is 2.27. The minimum absolute atomic E-state index is 0.0248. The summed E-state index contributed by atoms with van der Waals surface area (Å²) in [5.74, 6) is 0.0248. The molecular formula is C14H23N3O. The molecule has 18 heavy (non-hydrogen) atoms. The molecule has 1 amide bonds. The van der Waals surface area contributed by atoms with Crippen LogP contribution in [0.2, 0.25) is 0 Å². The predicted molar refractivity (Wildman–Crippen MR) is 76.0 cm³/mol. The molecule has 0 atom stereocenters. The lowest BCUT2D eigenvalue weighted by molar-refractivity contribution is -0.119. The third kappa shape index (κ3) is 5.19. The van der Waals surface area contributed by atoms with Gasteiger partial charge in [0.05, 0.1) is 6.54 Å². The maximum atomic E-state index is 11.6. The molecule has 2 N–H and O–H groups in total. The largest absolute Gasteiger partial charge is 0.376 e. The zero-order chi connectivity index (χ0) is 13.5. The first-order valence-electron chi connectivity index (χ1n) is 6.21. The summed E-state index contributed by atoms with van der Waals surface area (Å²) in [5.41, 5.74) is 3.41. The second kappa shape index (κ2) is 7.01. The molecule has 0 radical (unpaired) electrons. The molecule has 0 heterocycles. The fourth-order valence-corrected chi connectivity index (χ4v) is 1.67. The highest BCUT2D eigenvalue weighted by atomic mass is 16.1. The summed E-state index contributed by atoms with van der Waals surface area (Å²) in [7, 11) is 3.97. The standard InChI is InChI=1S/C14H23N3O/c1-11-5-6-13(12(2)9-11)16-10-14(18)15-7-8-17(3)4/h5-6,9,16H,7-8,10H2,1-4H3,(H,15,18). The number of rotatable bonds is 6. The number of anilines is 1. The first-order valence-corrected chi connectivity index (χ1v) is 6.21. The van der Waals surface area contributed by atoms with Crippen molar-refractivity contribution >= 4 is 11.6 Å². The molecule has 4 heteroatoms. The molecule has 4 nitrogen and oxygen atoms in total. The van der Waals surface area contributed by atoms with Gasteiger partial charge >= 0.3 is 0 Å². The average molecular weight is 249 g/mol. The molecule has 0 unspecified atom stereocenters. The van der Waals surface area contributed by atoms with Crippen LogP contribution in [0.3, 0.4) is 0 Å². The van der Waals surface area contributed by atoms with E-state index in [1.165, 1.54) is 5.56 Å². The van der Waals surface area contributed by atoms with Crippen molar-refractivity contribution in [3.8, 4) is 0 Å². The Balaban J connectivity index is 2.33. The van der Waals surface area contributed by atoms with Gasteiger partial charge < -0.3 is 15.5 Å². The number of amides is 1. The highest BCUT2D eigenvalue weighted by molar-refractivity contribution is 5.80. The van der Waals surface area contributed by atoms with Crippen LogP contribution in [0.1, 0.15) is 11.1 Å². The number of hydrogen-bond acceptors (Lipinski definition) is 3. The smallest absolute Gasteiger partial charge is 0.239 e. The Hall–Kier alpha value is -1.55. The Morgan fingerprint density at radius 1 is 1.28 bits per heavy atom.